The van der Waals surface area contributed by atoms with Crippen molar-refractivity contribution < 1.29 is 19.0 Å². The molecule has 2 saturated heterocycles. The minimum Gasteiger partial charge on any atom is -0.497 e. The maximum Gasteiger partial charge on any atom is 0.315 e. The zero-order chi connectivity index (χ0) is 21.9. The first-order chi connectivity index (χ1) is 15.7. The summed E-state index contributed by atoms with van der Waals surface area (Å²) in [6, 6.07) is 16.6. The number of amides is 2. The zero-order valence-electron chi connectivity index (χ0n) is 17.5. The molecule has 0 saturated carbocycles. The number of nitrogens with zero attached hydrogens (tertiary/aromatic N) is 4. The number of rotatable bonds is 6. The van der Waals surface area contributed by atoms with Gasteiger partial charge in [-0.2, -0.15) is 0 Å². The first kappa shape index (κ1) is 20.4. The van der Waals surface area contributed by atoms with E-state index in [0.717, 1.165) is 16.9 Å². The van der Waals surface area contributed by atoms with Crippen LogP contribution in [0.3, 0.4) is 0 Å². The summed E-state index contributed by atoms with van der Waals surface area (Å²) in [7, 11) is 1.62. The van der Waals surface area contributed by atoms with Crippen LogP contribution in [0.4, 0.5) is 4.79 Å². The van der Waals surface area contributed by atoms with Crippen molar-refractivity contribution in [3.63, 3.8) is 0 Å². The highest BCUT2D eigenvalue weighted by molar-refractivity contribution is 5.74. The maximum atomic E-state index is 12.4. The molecule has 0 radical (unpaired) electrons. The average Bonchev–Trinajstić information content (AvgIpc) is 3.56. The smallest absolute Gasteiger partial charge is 0.315 e. The van der Waals surface area contributed by atoms with Crippen molar-refractivity contribution in [2.24, 2.45) is 0 Å². The molecule has 10 nitrogen and oxygen atoms in total. The Bertz CT molecular complexity index is 1080. The summed E-state index contributed by atoms with van der Waals surface area (Å²) in [5.74, 6) is 1.33. The molecule has 5 rings (SSSR count). The lowest BCUT2D eigenvalue weighted by Crippen LogP contribution is -2.48. The minimum absolute atomic E-state index is 0.199. The molecule has 32 heavy (non-hydrogen) atoms. The molecule has 2 amide bonds. The summed E-state index contributed by atoms with van der Waals surface area (Å²) >= 11 is 0. The second-order valence-corrected chi connectivity index (χ2v) is 7.76. The van der Waals surface area contributed by atoms with Gasteiger partial charge in [0.05, 0.1) is 26.4 Å². The Morgan fingerprint density at radius 2 is 1.97 bits per heavy atom. The second kappa shape index (κ2) is 8.93. The number of methoxy groups -OCH3 is 1. The monoisotopic (exact) mass is 436 g/mol. The standard InChI is InChI=1S/C22H24N6O4/c1-30-16-9-5-8-15(10-16)21-25-26-27-28(21)18-13-32-19-17(12-31-20(18)19)24-22(29)23-11-14-6-3-2-4-7-14/h2-10,17-20H,11-13H2,1H3,(H2,23,24,29)/t17-,18+,19-,20+/m0/s1. The Labute approximate surface area is 184 Å². The third-order valence-corrected chi connectivity index (χ3v) is 5.77. The highest BCUT2D eigenvalue weighted by Crippen LogP contribution is 2.36. The number of benzene rings is 2. The average molecular weight is 436 g/mol. The van der Waals surface area contributed by atoms with E-state index in [4.69, 9.17) is 14.2 Å². The third-order valence-electron chi connectivity index (χ3n) is 5.77. The van der Waals surface area contributed by atoms with Crippen molar-refractivity contribution in [1.29, 1.82) is 0 Å². The molecule has 166 valence electrons. The number of urea groups is 1. The first-order valence-corrected chi connectivity index (χ1v) is 10.5. The predicted molar refractivity (Wildman–Crippen MR) is 114 cm³/mol. The maximum absolute atomic E-state index is 12.4. The van der Waals surface area contributed by atoms with Gasteiger partial charge in [0.25, 0.3) is 0 Å². The highest BCUT2D eigenvalue weighted by Gasteiger charge is 2.50. The topological polar surface area (TPSA) is 112 Å². The molecule has 3 heterocycles. The van der Waals surface area contributed by atoms with Gasteiger partial charge in [0.1, 0.15) is 24.0 Å². The van der Waals surface area contributed by atoms with Crippen molar-refractivity contribution >= 4 is 6.03 Å². The van der Waals surface area contributed by atoms with Crippen LogP contribution in [0, 0.1) is 0 Å². The van der Waals surface area contributed by atoms with Gasteiger partial charge in [-0.1, -0.05) is 42.5 Å². The Morgan fingerprint density at radius 1 is 1.12 bits per heavy atom. The molecule has 0 aliphatic carbocycles. The van der Waals surface area contributed by atoms with Crippen molar-refractivity contribution in [1.82, 2.24) is 30.8 Å². The zero-order valence-corrected chi connectivity index (χ0v) is 17.5. The van der Waals surface area contributed by atoms with E-state index in [0.29, 0.717) is 25.6 Å². The van der Waals surface area contributed by atoms with E-state index in [1.165, 1.54) is 0 Å². The second-order valence-electron chi connectivity index (χ2n) is 7.76. The van der Waals surface area contributed by atoms with Gasteiger partial charge >= 0.3 is 6.03 Å². The van der Waals surface area contributed by atoms with E-state index >= 15 is 0 Å². The van der Waals surface area contributed by atoms with Crippen LogP contribution in [-0.2, 0) is 16.0 Å². The van der Waals surface area contributed by atoms with Crippen molar-refractivity contribution in [2.45, 2.75) is 30.8 Å². The number of ether oxygens (including phenoxy) is 3. The number of carbonyl (C=O) groups excluding carboxylic acids is 1. The largest absolute Gasteiger partial charge is 0.497 e. The molecule has 3 aromatic rings. The Balaban J connectivity index is 1.24. The molecule has 4 atom stereocenters. The number of carbonyl (C=O) groups is 1. The summed E-state index contributed by atoms with van der Waals surface area (Å²) in [5, 5.41) is 18.1. The summed E-state index contributed by atoms with van der Waals surface area (Å²) in [5.41, 5.74) is 1.87. The third kappa shape index (κ3) is 4.02. The van der Waals surface area contributed by atoms with Crippen molar-refractivity contribution in [2.75, 3.05) is 20.3 Å². The Hall–Kier alpha value is -3.50. The lowest BCUT2D eigenvalue weighted by atomic mass is 10.1. The number of hydrogen-bond donors (Lipinski definition) is 2. The van der Waals surface area contributed by atoms with Gasteiger partial charge in [-0.25, -0.2) is 9.48 Å². The molecule has 1 aromatic heterocycles. The van der Waals surface area contributed by atoms with Crippen LogP contribution in [0.1, 0.15) is 11.6 Å². The van der Waals surface area contributed by atoms with Gasteiger partial charge in [0.15, 0.2) is 5.82 Å². The van der Waals surface area contributed by atoms with E-state index in [1.807, 2.05) is 54.6 Å². The number of aromatic nitrogens is 4. The molecule has 0 unspecified atom stereocenters. The highest BCUT2D eigenvalue weighted by atomic mass is 16.6. The predicted octanol–water partition coefficient (Wildman–Crippen LogP) is 1.56. The number of tetrazole rings is 1. The Kier molecular flexibility index (Phi) is 5.70. The quantitative estimate of drug-likeness (QED) is 0.603. The van der Waals surface area contributed by atoms with E-state index < -0.39 is 0 Å². The van der Waals surface area contributed by atoms with Crippen LogP contribution in [0.15, 0.2) is 54.6 Å². The van der Waals surface area contributed by atoms with Gasteiger partial charge in [0, 0.05) is 12.1 Å². The van der Waals surface area contributed by atoms with Crippen LogP contribution < -0.4 is 15.4 Å². The molecular weight excluding hydrogens is 412 g/mol. The van der Waals surface area contributed by atoms with E-state index in [2.05, 4.69) is 26.2 Å². The SMILES string of the molecule is COc1cccc(-c2nnnn2[C@@H]2CO[C@@H]3[C@@H]2OC[C@@H]3NC(=O)NCc2ccccc2)c1. The van der Waals surface area contributed by atoms with Crippen LogP contribution in [0.2, 0.25) is 0 Å². The van der Waals surface area contributed by atoms with Crippen LogP contribution in [-0.4, -0.2) is 64.8 Å². The molecule has 2 aliphatic rings. The van der Waals surface area contributed by atoms with Gasteiger partial charge in [0.2, 0.25) is 0 Å². The Morgan fingerprint density at radius 3 is 2.81 bits per heavy atom. The number of hydrogen-bond acceptors (Lipinski definition) is 7. The molecule has 2 aromatic carbocycles. The summed E-state index contributed by atoms with van der Waals surface area (Å²) in [4.78, 5) is 12.4. The van der Waals surface area contributed by atoms with Crippen molar-refractivity contribution in [3.8, 4) is 17.1 Å². The fraction of sp³-hybridized carbons (Fsp3) is 0.364. The number of nitrogens with one attached hydrogen (secondary N) is 2. The van der Waals surface area contributed by atoms with Crippen LogP contribution in [0.25, 0.3) is 11.4 Å². The molecule has 2 N–H and O–H groups in total. The molecule has 10 heteroatoms. The minimum atomic E-state index is -0.273. The normalized spacial score (nSPS) is 24.2. The van der Waals surface area contributed by atoms with Crippen LogP contribution in [0.5, 0.6) is 5.75 Å². The molecule has 0 spiro atoms. The van der Waals surface area contributed by atoms with Gasteiger partial charge < -0.3 is 24.8 Å². The lowest BCUT2D eigenvalue weighted by Gasteiger charge is -2.18. The number of fused-ring (bicyclic) bond motifs is 1. The fourth-order valence-corrected chi connectivity index (χ4v) is 4.18. The van der Waals surface area contributed by atoms with Crippen molar-refractivity contribution in [3.05, 3.63) is 60.2 Å². The van der Waals surface area contributed by atoms with Gasteiger partial charge in [-0.05, 0) is 28.1 Å². The summed E-state index contributed by atoms with van der Waals surface area (Å²) in [6.07, 6.45) is -0.535. The summed E-state index contributed by atoms with van der Waals surface area (Å²) < 4.78 is 19.1. The molecule has 0 bridgehead atoms. The van der Waals surface area contributed by atoms with Gasteiger partial charge in [-0.3, -0.25) is 0 Å². The fourth-order valence-electron chi connectivity index (χ4n) is 4.18. The lowest BCUT2D eigenvalue weighted by molar-refractivity contribution is 0.0624. The van der Waals surface area contributed by atoms with Crippen LogP contribution >= 0.6 is 0 Å². The molecule has 2 fully saturated rings. The first-order valence-electron chi connectivity index (χ1n) is 10.5. The van der Waals surface area contributed by atoms with E-state index in [-0.39, 0.29) is 30.3 Å². The van der Waals surface area contributed by atoms with Gasteiger partial charge in [-0.15, -0.1) is 5.10 Å². The molecular formula is C22H24N6O4. The van der Waals surface area contributed by atoms with E-state index in [9.17, 15) is 4.79 Å². The van der Waals surface area contributed by atoms with E-state index in [1.54, 1.807) is 11.8 Å². The molecule has 2 aliphatic heterocycles. The summed E-state index contributed by atoms with van der Waals surface area (Å²) in [6.45, 7) is 1.20.